The predicted molar refractivity (Wildman–Crippen MR) is 133 cm³/mol. The quantitative estimate of drug-likeness (QED) is 0.271. The zero-order valence-corrected chi connectivity index (χ0v) is 21.0. The van der Waals surface area contributed by atoms with Crippen LogP contribution in [0.3, 0.4) is 0 Å². The lowest BCUT2D eigenvalue weighted by Gasteiger charge is -2.35. The van der Waals surface area contributed by atoms with Gasteiger partial charge in [-0.15, -0.1) is 0 Å². The largest absolute Gasteiger partial charge is 0.465 e. The van der Waals surface area contributed by atoms with Crippen LogP contribution >= 0.6 is 0 Å². The summed E-state index contributed by atoms with van der Waals surface area (Å²) in [5.41, 5.74) is 2.21. The Bertz CT molecular complexity index is 909. The molecular weight excluding hydrogens is 416 g/mol. The zero-order chi connectivity index (χ0) is 23.8. The molecule has 0 fully saturated rings. The maximum atomic E-state index is 11.7. The average Bonchev–Trinajstić information content (AvgIpc) is 2.77. The predicted octanol–water partition coefficient (Wildman–Crippen LogP) is 6.42. The lowest BCUT2D eigenvalue weighted by Crippen LogP contribution is -2.40. The van der Waals surface area contributed by atoms with Gasteiger partial charge in [0.2, 0.25) is 0 Å². The van der Waals surface area contributed by atoms with E-state index in [1.807, 2.05) is 54.6 Å². The minimum Gasteiger partial charge on any atom is -0.465 e. The number of carbonyl (C=O) groups is 1. The van der Waals surface area contributed by atoms with Gasteiger partial charge in [-0.05, 0) is 41.4 Å². The number of methoxy groups -OCH3 is 1. The summed E-state index contributed by atoms with van der Waals surface area (Å²) in [4.78, 5) is 11.7. The molecule has 0 unspecified atom stereocenters. The van der Waals surface area contributed by atoms with E-state index in [9.17, 15) is 9.90 Å². The number of hydrogen-bond acceptors (Lipinski definition) is 4. The fraction of sp³-hybridized carbons (Fsp3) is 0.370. The van der Waals surface area contributed by atoms with Crippen LogP contribution in [0.2, 0.25) is 18.1 Å². The number of ether oxygens (including phenoxy) is 1. The van der Waals surface area contributed by atoms with Crippen LogP contribution in [0.15, 0.2) is 78.9 Å². The molecule has 0 aliphatic carbocycles. The summed E-state index contributed by atoms with van der Waals surface area (Å²) in [5, 5.41) is 11.3. The first-order chi connectivity index (χ1) is 15.1. The number of aliphatic hydroxyl groups is 1. The molecule has 2 aromatic carbocycles. The monoisotopic (exact) mass is 452 g/mol. The van der Waals surface area contributed by atoms with E-state index in [1.165, 1.54) is 7.11 Å². The third-order valence-corrected chi connectivity index (χ3v) is 10.6. The number of rotatable bonds is 9. The van der Waals surface area contributed by atoms with Crippen LogP contribution in [-0.2, 0) is 9.16 Å². The highest BCUT2D eigenvalue weighted by Gasteiger charge is 2.36. The van der Waals surface area contributed by atoms with Crippen molar-refractivity contribution in [3.8, 4) is 0 Å². The zero-order valence-electron chi connectivity index (χ0n) is 20.0. The van der Waals surface area contributed by atoms with Crippen molar-refractivity contribution >= 4 is 14.3 Å². The summed E-state index contributed by atoms with van der Waals surface area (Å²) >= 11 is 0. The van der Waals surface area contributed by atoms with E-state index in [2.05, 4.69) is 33.9 Å². The molecule has 0 bridgehead atoms. The maximum Gasteiger partial charge on any atom is 0.337 e. The Morgan fingerprint density at radius 1 is 1.00 bits per heavy atom. The van der Waals surface area contributed by atoms with Gasteiger partial charge in [0.05, 0.1) is 25.4 Å². The molecule has 0 saturated carbocycles. The van der Waals surface area contributed by atoms with Crippen molar-refractivity contribution in [1.29, 1.82) is 0 Å². The van der Waals surface area contributed by atoms with Crippen LogP contribution in [0.1, 0.15) is 54.3 Å². The Balaban J connectivity index is 2.13. The number of allylic oxidation sites excluding steroid dienone is 2. The highest BCUT2D eigenvalue weighted by atomic mass is 28.4. The highest BCUT2D eigenvalue weighted by molar-refractivity contribution is 6.74. The van der Waals surface area contributed by atoms with Gasteiger partial charge >= 0.3 is 5.97 Å². The SMILES string of the molecule is COC(=O)c1ccc([C@@H](O)[C@H](/C=C\C=C\CO[Si](C)(C)C(C)(C)C)c2ccccc2)cc1. The van der Waals surface area contributed by atoms with Crippen LogP contribution in [0.25, 0.3) is 0 Å². The number of hydrogen-bond donors (Lipinski definition) is 1. The van der Waals surface area contributed by atoms with Crippen LogP contribution in [0.5, 0.6) is 0 Å². The van der Waals surface area contributed by atoms with E-state index in [1.54, 1.807) is 24.3 Å². The van der Waals surface area contributed by atoms with Crippen molar-refractivity contribution in [2.24, 2.45) is 0 Å². The lowest BCUT2D eigenvalue weighted by molar-refractivity contribution is 0.0600. The first-order valence-corrected chi connectivity index (χ1v) is 13.9. The Labute approximate surface area is 193 Å². The topological polar surface area (TPSA) is 55.8 Å². The molecule has 0 spiro atoms. The number of esters is 1. The smallest absolute Gasteiger partial charge is 0.337 e. The van der Waals surface area contributed by atoms with E-state index in [0.717, 1.165) is 11.1 Å². The molecule has 2 rings (SSSR count). The molecule has 5 heteroatoms. The second-order valence-electron chi connectivity index (χ2n) is 9.38. The fourth-order valence-electron chi connectivity index (χ4n) is 3.01. The summed E-state index contributed by atoms with van der Waals surface area (Å²) < 4.78 is 10.9. The summed E-state index contributed by atoms with van der Waals surface area (Å²) in [5.74, 6) is -0.623. The first kappa shape index (κ1) is 25.8. The van der Waals surface area contributed by atoms with Crippen LogP contribution in [-0.4, -0.2) is 33.1 Å². The van der Waals surface area contributed by atoms with E-state index in [0.29, 0.717) is 12.2 Å². The molecule has 0 heterocycles. The molecule has 0 saturated heterocycles. The van der Waals surface area contributed by atoms with Crippen molar-refractivity contribution in [2.75, 3.05) is 13.7 Å². The average molecular weight is 453 g/mol. The van der Waals surface area contributed by atoms with E-state index in [-0.39, 0.29) is 11.0 Å². The Hall–Kier alpha value is -2.47. The maximum absolute atomic E-state index is 11.7. The van der Waals surface area contributed by atoms with Crippen LogP contribution in [0.4, 0.5) is 0 Å². The highest BCUT2D eigenvalue weighted by Crippen LogP contribution is 2.36. The molecule has 0 aliphatic rings. The minimum atomic E-state index is -1.77. The van der Waals surface area contributed by atoms with Crippen molar-refractivity contribution in [3.05, 3.63) is 95.6 Å². The summed E-state index contributed by atoms with van der Waals surface area (Å²) in [6.45, 7) is 11.7. The van der Waals surface area contributed by atoms with Gasteiger partial charge in [-0.2, -0.15) is 0 Å². The molecule has 0 aliphatic heterocycles. The van der Waals surface area contributed by atoms with Crippen LogP contribution < -0.4 is 0 Å². The lowest BCUT2D eigenvalue weighted by atomic mass is 9.88. The Morgan fingerprint density at radius 2 is 1.62 bits per heavy atom. The standard InChI is InChI=1S/C27H36O4Si/c1-27(2,3)32(5,6)31-20-12-8-11-15-24(21-13-9-7-10-14-21)25(28)22-16-18-23(19-17-22)26(29)30-4/h7-19,24-25,28H,20H2,1-6H3/b12-8+,15-11-/t24-,25-/m1/s1. The molecule has 0 radical (unpaired) electrons. The van der Waals surface area contributed by atoms with Gasteiger partial charge in [-0.25, -0.2) is 4.79 Å². The van der Waals surface area contributed by atoms with Crippen LogP contribution in [0, 0.1) is 0 Å². The van der Waals surface area contributed by atoms with E-state index < -0.39 is 20.4 Å². The molecular formula is C27H36O4Si. The Kier molecular flexibility index (Phi) is 9.19. The van der Waals surface area contributed by atoms with Gasteiger partial charge in [0.25, 0.3) is 0 Å². The van der Waals surface area contributed by atoms with Gasteiger partial charge < -0.3 is 14.3 Å². The number of carbonyl (C=O) groups excluding carboxylic acids is 1. The van der Waals surface area contributed by atoms with Crippen molar-refractivity contribution in [1.82, 2.24) is 0 Å². The second-order valence-corrected chi connectivity index (χ2v) is 14.2. The normalized spacial score (nSPS) is 14.6. The van der Waals surface area contributed by atoms with E-state index in [4.69, 9.17) is 9.16 Å². The van der Waals surface area contributed by atoms with Crippen molar-refractivity contribution < 1.29 is 19.1 Å². The van der Waals surface area contributed by atoms with Crippen molar-refractivity contribution in [3.63, 3.8) is 0 Å². The fourth-order valence-corrected chi connectivity index (χ4v) is 3.95. The Morgan fingerprint density at radius 3 is 2.19 bits per heavy atom. The van der Waals surface area contributed by atoms with Crippen molar-refractivity contribution in [2.45, 2.75) is 50.9 Å². The van der Waals surface area contributed by atoms with Gasteiger partial charge in [-0.1, -0.05) is 87.5 Å². The molecule has 32 heavy (non-hydrogen) atoms. The molecule has 172 valence electrons. The first-order valence-electron chi connectivity index (χ1n) is 11.0. The number of benzene rings is 2. The van der Waals surface area contributed by atoms with Gasteiger partial charge in [0, 0.05) is 5.92 Å². The third-order valence-electron chi connectivity index (χ3n) is 6.11. The van der Waals surface area contributed by atoms with Gasteiger partial charge in [-0.3, -0.25) is 0 Å². The molecule has 0 aromatic heterocycles. The number of aliphatic hydroxyl groups excluding tert-OH is 1. The summed E-state index contributed by atoms with van der Waals surface area (Å²) in [6, 6.07) is 16.8. The minimum absolute atomic E-state index is 0.183. The molecule has 0 amide bonds. The second kappa shape index (κ2) is 11.4. The molecule has 1 N–H and O–H groups in total. The van der Waals surface area contributed by atoms with Gasteiger partial charge in [0.1, 0.15) is 0 Å². The molecule has 2 aromatic rings. The molecule has 4 nitrogen and oxygen atoms in total. The summed E-state index contributed by atoms with van der Waals surface area (Å²) in [6.07, 6.45) is 7.18. The summed E-state index contributed by atoms with van der Waals surface area (Å²) in [7, 11) is -0.412. The van der Waals surface area contributed by atoms with E-state index >= 15 is 0 Å². The third kappa shape index (κ3) is 7.02. The van der Waals surface area contributed by atoms with Gasteiger partial charge in [0.15, 0.2) is 8.32 Å². The molecule has 2 atom stereocenters.